The second-order valence-corrected chi connectivity index (χ2v) is 10.9. The zero-order valence-electron chi connectivity index (χ0n) is 23.3. The van der Waals surface area contributed by atoms with E-state index in [9.17, 15) is 9.90 Å². The fraction of sp³-hybridized carbons (Fsp3) is 0.312. The van der Waals surface area contributed by atoms with Crippen molar-refractivity contribution in [1.82, 2.24) is 4.98 Å². The highest BCUT2D eigenvalue weighted by molar-refractivity contribution is 5.76. The standard InChI is InChI=1S/C32H35NO6/c1-21-28(18-19-36-24-14-16-26(17-15-24)39-32(5,6)30(34)35)33-29(37-21)22-10-12-25(13-11-22)38-27-9-7-8-23(20-27)31(2,3)4/h7-17,20H,18-19H2,1-6H3,(H,34,35). The van der Waals surface area contributed by atoms with Gasteiger partial charge < -0.3 is 23.7 Å². The molecule has 0 aliphatic carbocycles. The van der Waals surface area contributed by atoms with E-state index >= 15 is 0 Å². The molecule has 0 aliphatic rings. The molecule has 0 fully saturated rings. The van der Waals surface area contributed by atoms with E-state index in [4.69, 9.17) is 18.6 Å². The number of hydrogen-bond donors (Lipinski definition) is 1. The van der Waals surface area contributed by atoms with Gasteiger partial charge in [-0.15, -0.1) is 0 Å². The molecule has 0 amide bonds. The lowest BCUT2D eigenvalue weighted by Gasteiger charge is -2.21. The highest BCUT2D eigenvalue weighted by atomic mass is 16.5. The summed E-state index contributed by atoms with van der Waals surface area (Å²) in [5, 5.41) is 9.21. The molecule has 0 atom stereocenters. The van der Waals surface area contributed by atoms with Gasteiger partial charge in [-0.25, -0.2) is 9.78 Å². The van der Waals surface area contributed by atoms with Gasteiger partial charge in [0.15, 0.2) is 5.60 Å². The number of aliphatic carboxylic acids is 1. The van der Waals surface area contributed by atoms with Gasteiger partial charge in [-0.2, -0.15) is 0 Å². The molecule has 1 aromatic heterocycles. The third-order valence-electron chi connectivity index (χ3n) is 6.25. The van der Waals surface area contributed by atoms with Crippen LogP contribution in [0.15, 0.2) is 77.2 Å². The molecule has 1 heterocycles. The Kier molecular flexibility index (Phi) is 8.00. The van der Waals surface area contributed by atoms with Crippen molar-refractivity contribution in [3.8, 4) is 34.5 Å². The van der Waals surface area contributed by atoms with Crippen molar-refractivity contribution in [2.24, 2.45) is 0 Å². The predicted molar refractivity (Wildman–Crippen MR) is 150 cm³/mol. The number of hydrogen-bond acceptors (Lipinski definition) is 6. The van der Waals surface area contributed by atoms with Gasteiger partial charge in [0.2, 0.25) is 5.89 Å². The topological polar surface area (TPSA) is 91.0 Å². The summed E-state index contributed by atoms with van der Waals surface area (Å²) in [6.07, 6.45) is 0.574. The number of rotatable bonds is 10. The van der Waals surface area contributed by atoms with Crippen LogP contribution in [0.1, 0.15) is 51.6 Å². The van der Waals surface area contributed by atoms with E-state index in [0.29, 0.717) is 30.4 Å². The molecular weight excluding hydrogens is 494 g/mol. The van der Waals surface area contributed by atoms with Crippen molar-refractivity contribution in [1.29, 1.82) is 0 Å². The van der Waals surface area contributed by atoms with Crippen LogP contribution in [0.25, 0.3) is 11.5 Å². The number of aromatic nitrogens is 1. The second kappa shape index (κ2) is 11.2. The fourth-order valence-electron chi connectivity index (χ4n) is 3.82. The summed E-state index contributed by atoms with van der Waals surface area (Å²) in [7, 11) is 0. The van der Waals surface area contributed by atoms with Gasteiger partial charge >= 0.3 is 5.97 Å². The molecule has 0 radical (unpaired) electrons. The highest BCUT2D eigenvalue weighted by Crippen LogP contribution is 2.30. The number of carboxylic acids is 1. The molecule has 4 rings (SSSR count). The number of carboxylic acid groups (broad SMARTS) is 1. The maximum Gasteiger partial charge on any atom is 0.347 e. The SMILES string of the molecule is Cc1oc(-c2ccc(Oc3cccc(C(C)(C)C)c3)cc2)nc1CCOc1ccc(OC(C)(C)C(=O)O)cc1. The molecule has 3 aromatic carbocycles. The first-order valence-corrected chi connectivity index (χ1v) is 12.9. The molecule has 39 heavy (non-hydrogen) atoms. The van der Waals surface area contributed by atoms with Gasteiger partial charge in [0, 0.05) is 12.0 Å². The lowest BCUT2D eigenvalue weighted by molar-refractivity contribution is -0.152. The minimum absolute atomic E-state index is 0.0507. The van der Waals surface area contributed by atoms with Crippen LogP contribution in [-0.4, -0.2) is 28.3 Å². The molecule has 0 unspecified atom stereocenters. The summed E-state index contributed by atoms with van der Waals surface area (Å²) >= 11 is 0. The Morgan fingerprint density at radius 3 is 2.15 bits per heavy atom. The minimum Gasteiger partial charge on any atom is -0.493 e. The largest absolute Gasteiger partial charge is 0.493 e. The molecule has 0 aliphatic heterocycles. The normalized spacial score (nSPS) is 11.7. The Balaban J connectivity index is 1.33. The third kappa shape index (κ3) is 7.19. The summed E-state index contributed by atoms with van der Waals surface area (Å²) < 4.78 is 23.4. The van der Waals surface area contributed by atoms with Crippen LogP contribution in [0.3, 0.4) is 0 Å². The molecule has 0 saturated heterocycles. The molecule has 0 spiro atoms. The van der Waals surface area contributed by atoms with Crippen molar-refractivity contribution in [3.05, 3.63) is 89.8 Å². The quantitative estimate of drug-likeness (QED) is 0.226. The van der Waals surface area contributed by atoms with Gasteiger partial charge in [-0.05, 0) is 92.4 Å². The fourth-order valence-corrected chi connectivity index (χ4v) is 3.82. The summed E-state index contributed by atoms with van der Waals surface area (Å²) in [5.74, 6) is 2.91. The van der Waals surface area contributed by atoms with Crippen LogP contribution in [0.2, 0.25) is 0 Å². The smallest absolute Gasteiger partial charge is 0.347 e. The lowest BCUT2D eigenvalue weighted by atomic mass is 9.87. The third-order valence-corrected chi connectivity index (χ3v) is 6.25. The molecule has 7 nitrogen and oxygen atoms in total. The van der Waals surface area contributed by atoms with Gasteiger partial charge in [0.25, 0.3) is 0 Å². The predicted octanol–water partition coefficient (Wildman–Crippen LogP) is 7.60. The zero-order chi connectivity index (χ0) is 28.2. The lowest BCUT2D eigenvalue weighted by Crippen LogP contribution is -2.37. The Bertz CT molecular complexity index is 1410. The summed E-state index contributed by atoms with van der Waals surface area (Å²) in [6, 6.07) is 22.7. The van der Waals surface area contributed by atoms with Crippen molar-refractivity contribution in [2.75, 3.05) is 6.61 Å². The Morgan fingerprint density at radius 2 is 1.51 bits per heavy atom. The number of benzene rings is 3. The Hall–Kier alpha value is -4.26. The summed E-state index contributed by atoms with van der Waals surface area (Å²) in [6.45, 7) is 11.8. The number of aryl methyl sites for hydroxylation is 1. The van der Waals surface area contributed by atoms with Crippen LogP contribution in [0.4, 0.5) is 0 Å². The summed E-state index contributed by atoms with van der Waals surface area (Å²) in [5.41, 5.74) is 1.65. The average Bonchev–Trinajstić information content (AvgIpc) is 3.25. The molecule has 7 heteroatoms. The molecule has 1 N–H and O–H groups in total. The van der Waals surface area contributed by atoms with E-state index in [-0.39, 0.29) is 5.41 Å². The van der Waals surface area contributed by atoms with Gasteiger partial charge in [0.1, 0.15) is 28.8 Å². The molecule has 4 aromatic rings. The van der Waals surface area contributed by atoms with E-state index in [2.05, 4.69) is 37.9 Å². The van der Waals surface area contributed by atoms with E-state index in [1.807, 2.05) is 43.3 Å². The number of carbonyl (C=O) groups is 1. The van der Waals surface area contributed by atoms with Crippen molar-refractivity contribution in [3.63, 3.8) is 0 Å². The maximum absolute atomic E-state index is 11.2. The molecule has 0 saturated carbocycles. The van der Waals surface area contributed by atoms with Crippen molar-refractivity contribution in [2.45, 2.75) is 59.0 Å². The van der Waals surface area contributed by atoms with E-state index in [1.165, 1.54) is 19.4 Å². The van der Waals surface area contributed by atoms with Gasteiger partial charge in [0.05, 0.1) is 12.3 Å². The van der Waals surface area contributed by atoms with Crippen LogP contribution in [0, 0.1) is 6.92 Å². The second-order valence-electron chi connectivity index (χ2n) is 10.9. The molecule has 0 bridgehead atoms. The van der Waals surface area contributed by atoms with Crippen LogP contribution in [-0.2, 0) is 16.6 Å². The Labute approximate surface area is 229 Å². The van der Waals surface area contributed by atoms with Gasteiger partial charge in [-0.1, -0.05) is 32.9 Å². The van der Waals surface area contributed by atoms with Gasteiger partial charge in [-0.3, -0.25) is 0 Å². The monoisotopic (exact) mass is 529 g/mol. The average molecular weight is 530 g/mol. The van der Waals surface area contributed by atoms with Crippen LogP contribution >= 0.6 is 0 Å². The molecule has 204 valence electrons. The van der Waals surface area contributed by atoms with Crippen molar-refractivity contribution < 1.29 is 28.5 Å². The Morgan fingerprint density at radius 1 is 0.872 bits per heavy atom. The number of nitrogens with zero attached hydrogens (tertiary/aromatic N) is 1. The van der Waals surface area contributed by atoms with E-state index in [1.54, 1.807) is 24.3 Å². The summed E-state index contributed by atoms with van der Waals surface area (Å²) in [4.78, 5) is 15.9. The molecular formula is C32H35NO6. The zero-order valence-corrected chi connectivity index (χ0v) is 23.3. The highest BCUT2D eigenvalue weighted by Gasteiger charge is 2.29. The first kappa shape index (κ1) is 27.8. The van der Waals surface area contributed by atoms with Crippen LogP contribution in [0.5, 0.6) is 23.0 Å². The number of oxazole rings is 1. The minimum atomic E-state index is -1.31. The van der Waals surface area contributed by atoms with E-state index in [0.717, 1.165) is 28.5 Å². The van der Waals surface area contributed by atoms with E-state index < -0.39 is 11.6 Å². The van der Waals surface area contributed by atoms with Crippen molar-refractivity contribution >= 4 is 5.97 Å². The first-order chi connectivity index (χ1) is 18.4. The maximum atomic E-state index is 11.2. The first-order valence-electron chi connectivity index (χ1n) is 12.9. The number of ether oxygens (including phenoxy) is 3. The van der Waals surface area contributed by atoms with Crippen LogP contribution < -0.4 is 14.2 Å².